The molecule has 0 bridgehead atoms. The number of ether oxygens (including phenoxy) is 1. The Balaban J connectivity index is 1.57. The molecule has 3 heteroatoms. The van der Waals surface area contributed by atoms with E-state index in [0.29, 0.717) is 17.9 Å². The van der Waals surface area contributed by atoms with Crippen LogP contribution in [-0.4, -0.2) is 13.0 Å². The third-order valence-corrected chi connectivity index (χ3v) is 5.88. The first-order chi connectivity index (χ1) is 16.7. The predicted octanol–water partition coefficient (Wildman–Crippen LogP) is 6.59. The van der Waals surface area contributed by atoms with Crippen molar-refractivity contribution in [2.24, 2.45) is 0 Å². The van der Waals surface area contributed by atoms with Gasteiger partial charge in [0.2, 0.25) is 0 Å². The fourth-order valence-corrected chi connectivity index (χ4v) is 4.12. The summed E-state index contributed by atoms with van der Waals surface area (Å²) in [5.41, 5.74) is 2.56. The molecule has 0 heterocycles. The maximum Gasteiger partial charge on any atom is 0.303 e. The zero-order valence-corrected chi connectivity index (χ0v) is 18.9. The Kier molecular flexibility index (Phi) is 5.97. The Bertz CT molecular complexity index is 1540. The molecule has 0 saturated carbocycles. The number of anilines is 1. The predicted molar refractivity (Wildman–Crippen MR) is 139 cm³/mol. The van der Waals surface area contributed by atoms with Crippen LogP contribution in [0.25, 0.3) is 21.5 Å². The standard InChI is InChI=1S/C31H23NO2/c1-34-30-19-16-25-12-7-8-14-28(25)29(30)18-20-31(33)32(22-23-9-3-2-4-10-23)27-17-15-24-11-5-6-13-26(24)21-27/h2-17,19,21H,22H2,1H3. The third-order valence-electron chi connectivity index (χ3n) is 5.88. The summed E-state index contributed by atoms with van der Waals surface area (Å²) in [7, 11) is 1.62. The average molecular weight is 442 g/mol. The molecule has 0 aliphatic carbocycles. The molecule has 0 radical (unpaired) electrons. The van der Waals surface area contributed by atoms with E-state index in [0.717, 1.165) is 32.8 Å². The summed E-state index contributed by atoms with van der Waals surface area (Å²) in [5, 5.41) is 4.22. The molecule has 34 heavy (non-hydrogen) atoms. The Hall–Kier alpha value is -4.55. The summed E-state index contributed by atoms with van der Waals surface area (Å²) in [4.78, 5) is 15.2. The van der Waals surface area contributed by atoms with E-state index < -0.39 is 0 Å². The number of fused-ring (bicyclic) bond motifs is 2. The zero-order valence-electron chi connectivity index (χ0n) is 18.9. The SMILES string of the molecule is COc1ccc2ccccc2c1C#CC(=O)N(Cc1ccccc1)c1ccc2ccccc2c1. The Morgan fingerprint density at radius 1 is 0.765 bits per heavy atom. The second-order valence-corrected chi connectivity index (χ2v) is 8.02. The minimum absolute atomic E-state index is 0.269. The lowest BCUT2D eigenvalue weighted by atomic mass is 10.0. The van der Waals surface area contributed by atoms with Gasteiger partial charge in [0, 0.05) is 17.0 Å². The average Bonchev–Trinajstić information content (AvgIpc) is 2.90. The van der Waals surface area contributed by atoms with Gasteiger partial charge in [0.05, 0.1) is 19.2 Å². The molecule has 0 aromatic heterocycles. The van der Waals surface area contributed by atoms with Gasteiger partial charge in [0.25, 0.3) is 0 Å². The van der Waals surface area contributed by atoms with Crippen molar-refractivity contribution in [2.45, 2.75) is 6.54 Å². The summed E-state index contributed by atoms with van der Waals surface area (Å²) in [6, 6.07) is 36.0. The van der Waals surface area contributed by atoms with Crippen LogP contribution in [0.2, 0.25) is 0 Å². The molecule has 0 N–H and O–H groups in total. The number of carbonyl (C=O) groups is 1. The van der Waals surface area contributed by atoms with Crippen molar-refractivity contribution in [3.8, 4) is 17.6 Å². The normalized spacial score (nSPS) is 10.5. The highest BCUT2D eigenvalue weighted by atomic mass is 16.5. The molecule has 0 fully saturated rings. The molecule has 0 saturated heterocycles. The lowest BCUT2D eigenvalue weighted by Crippen LogP contribution is -2.29. The molecule has 164 valence electrons. The molecule has 5 rings (SSSR count). The van der Waals surface area contributed by atoms with Gasteiger partial charge in [0.15, 0.2) is 0 Å². The monoisotopic (exact) mass is 441 g/mol. The van der Waals surface area contributed by atoms with Gasteiger partial charge in [-0.05, 0) is 39.9 Å². The topological polar surface area (TPSA) is 29.5 Å². The number of methoxy groups -OCH3 is 1. The van der Waals surface area contributed by atoms with Crippen LogP contribution in [-0.2, 0) is 11.3 Å². The molecule has 0 aliphatic heterocycles. The fraction of sp³-hybridized carbons (Fsp3) is 0.0645. The van der Waals surface area contributed by atoms with E-state index in [-0.39, 0.29) is 5.91 Å². The van der Waals surface area contributed by atoms with Crippen molar-refractivity contribution in [3.05, 3.63) is 120 Å². The van der Waals surface area contributed by atoms with E-state index >= 15 is 0 Å². The molecule has 5 aromatic rings. The number of rotatable bonds is 4. The van der Waals surface area contributed by atoms with Gasteiger partial charge in [-0.1, -0.05) is 96.9 Å². The van der Waals surface area contributed by atoms with E-state index in [1.165, 1.54) is 0 Å². The minimum Gasteiger partial charge on any atom is -0.495 e. The van der Waals surface area contributed by atoms with Crippen molar-refractivity contribution in [1.82, 2.24) is 0 Å². The molecular formula is C31H23NO2. The molecule has 5 aromatic carbocycles. The number of benzene rings is 5. The van der Waals surface area contributed by atoms with E-state index in [1.807, 2.05) is 97.1 Å². The highest BCUT2D eigenvalue weighted by Gasteiger charge is 2.16. The fourth-order valence-electron chi connectivity index (χ4n) is 4.12. The molecule has 0 aliphatic rings. The van der Waals surface area contributed by atoms with Gasteiger partial charge in [-0.15, -0.1) is 0 Å². The summed E-state index contributed by atoms with van der Waals surface area (Å²) < 4.78 is 5.55. The maximum absolute atomic E-state index is 13.5. The molecular weight excluding hydrogens is 418 g/mol. The second kappa shape index (κ2) is 9.52. The maximum atomic E-state index is 13.5. The quantitative estimate of drug-likeness (QED) is 0.295. The van der Waals surface area contributed by atoms with Crippen LogP contribution in [0.1, 0.15) is 11.1 Å². The van der Waals surface area contributed by atoms with Crippen LogP contribution in [0.15, 0.2) is 109 Å². The van der Waals surface area contributed by atoms with Gasteiger partial charge >= 0.3 is 5.91 Å². The van der Waals surface area contributed by atoms with Gasteiger partial charge in [-0.2, -0.15) is 0 Å². The lowest BCUT2D eigenvalue weighted by molar-refractivity contribution is -0.113. The van der Waals surface area contributed by atoms with Crippen LogP contribution < -0.4 is 9.64 Å². The van der Waals surface area contributed by atoms with Crippen molar-refractivity contribution in [3.63, 3.8) is 0 Å². The van der Waals surface area contributed by atoms with Gasteiger partial charge in [-0.25, -0.2) is 0 Å². The zero-order chi connectivity index (χ0) is 23.3. The highest BCUT2D eigenvalue weighted by Crippen LogP contribution is 2.27. The Morgan fingerprint density at radius 2 is 1.44 bits per heavy atom. The number of carbonyl (C=O) groups excluding carboxylic acids is 1. The number of nitrogens with zero attached hydrogens (tertiary/aromatic N) is 1. The van der Waals surface area contributed by atoms with Crippen molar-refractivity contribution >= 4 is 33.1 Å². The molecule has 3 nitrogen and oxygen atoms in total. The Labute approximate surface area is 199 Å². The third kappa shape index (κ3) is 4.35. The molecule has 0 unspecified atom stereocenters. The van der Waals surface area contributed by atoms with E-state index in [1.54, 1.807) is 12.0 Å². The van der Waals surface area contributed by atoms with E-state index in [2.05, 4.69) is 24.0 Å². The van der Waals surface area contributed by atoms with Crippen molar-refractivity contribution in [1.29, 1.82) is 0 Å². The summed E-state index contributed by atoms with van der Waals surface area (Å²) in [6.45, 7) is 0.430. The van der Waals surface area contributed by atoms with Crippen LogP contribution in [0, 0.1) is 11.8 Å². The number of amides is 1. The summed E-state index contributed by atoms with van der Waals surface area (Å²) >= 11 is 0. The summed E-state index contributed by atoms with van der Waals surface area (Å²) in [5.74, 6) is 6.39. The molecule has 0 atom stereocenters. The first kappa shape index (κ1) is 21.3. The van der Waals surface area contributed by atoms with Crippen molar-refractivity contribution < 1.29 is 9.53 Å². The first-order valence-corrected chi connectivity index (χ1v) is 11.1. The van der Waals surface area contributed by atoms with Crippen LogP contribution in [0.5, 0.6) is 5.75 Å². The minimum atomic E-state index is -0.269. The smallest absolute Gasteiger partial charge is 0.303 e. The van der Waals surface area contributed by atoms with Gasteiger partial charge < -0.3 is 4.74 Å². The van der Waals surface area contributed by atoms with E-state index in [9.17, 15) is 4.79 Å². The Morgan fingerprint density at radius 3 is 2.24 bits per heavy atom. The number of hydrogen-bond donors (Lipinski definition) is 0. The largest absolute Gasteiger partial charge is 0.495 e. The second-order valence-electron chi connectivity index (χ2n) is 8.02. The first-order valence-electron chi connectivity index (χ1n) is 11.1. The van der Waals surface area contributed by atoms with Crippen molar-refractivity contribution in [2.75, 3.05) is 12.0 Å². The van der Waals surface area contributed by atoms with Crippen LogP contribution >= 0.6 is 0 Å². The summed E-state index contributed by atoms with van der Waals surface area (Å²) in [6.07, 6.45) is 0. The van der Waals surface area contributed by atoms with Crippen LogP contribution in [0.4, 0.5) is 5.69 Å². The van der Waals surface area contributed by atoms with E-state index in [4.69, 9.17) is 4.74 Å². The lowest BCUT2D eigenvalue weighted by Gasteiger charge is -2.21. The van der Waals surface area contributed by atoms with Crippen LogP contribution in [0.3, 0.4) is 0 Å². The van der Waals surface area contributed by atoms with Gasteiger partial charge in [-0.3, -0.25) is 9.69 Å². The van der Waals surface area contributed by atoms with Gasteiger partial charge in [0.1, 0.15) is 5.75 Å². The highest BCUT2D eigenvalue weighted by molar-refractivity contribution is 6.07. The number of hydrogen-bond acceptors (Lipinski definition) is 2. The molecule has 0 spiro atoms. The molecule has 1 amide bonds.